The molecular formula is C7H12ClF2NO. The Morgan fingerprint density at radius 1 is 1.42 bits per heavy atom. The van der Waals surface area contributed by atoms with Crippen LogP contribution in [0.2, 0.25) is 0 Å². The maximum atomic E-state index is 12.4. The van der Waals surface area contributed by atoms with Crippen molar-refractivity contribution in [3.8, 4) is 0 Å². The van der Waals surface area contributed by atoms with E-state index in [4.69, 9.17) is 4.74 Å². The van der Waals surface area contributed by atoms with E-state index in [1.165, 1.54) is 0 Å². The second-order valence-corrected chi connectivity index (χ2v) is 3.43. The van der Waals surface area contributed by atoms with Gasteiger partial charge in [0.1, 0.15) is 0 Å². The van der Waals surface area contributed by atoms with Crippen LogP contribution in [0.1, 0.15) is 0 Å². The highest BCUT2D eigenvalue weighted by Gasteiger charge is 2.52. The van der Waals surface area contributed by atoms with Crippen LogP contribution in [-0.2, 0) is 4.74 Å². The Labute approximate surface area is 76.1 Å². The molecule has 0 aromatic rings. The average Bonchev–Trinajstić information content (AvgIpc) is 2.27. The van der Waals surface area contributed by atoms with Crippen LogP contribution in [0.15, 0.2) is 0 Å². The molecule has 2 heterocycles. The largest absolute Gasteiger partial charge is 0.380 e. The van der Waals surface area contributed by atoms with Crippen LogP contribution in [0.25, 0.3) is 0 Å². The van der Waals surface area contributed by atoms with E-state index >= 15 is 0 Å². The summed E-state index contributed by atoms with van der Waals surface area (Å²) in [5.41, 5.74) is -0.228. The summed E-state index contributed by atoms with van der Waals surface area (Å²) in [6.07, 6.45) is -2.20. The fraction of sp³-hybridized carbons (Fsp3) is 1.00. The summed E-state index contributed by atoms with van der Waals surface area (Å²) in [4.78, 5) is 0. The lowest BCUT2D eigenvalue weighted by atomic mass is 9.76. The fourth-order valence-corrected chi connectivity index (χ4v) is 1.86. The number of hydrogen-bond acceptors (Lipinski definition) is 2. The number of ether oxygens (including phenoxy) is 1. The van der Waals surface area contributed by atoms with Gasteiger partial charge >= 0.3 is 0 Å². The van der Waals surface area contributed by atoms with Crippen molar-refractivity contribution in [1.82, 2.24) is 5.32 Å². The zero-order valence-corrected chi connectivity index (χ0v) is 7.37. The lowest BCUT2D eigenvalue weighted by molar-refractivity contribution is -0.151. The number of nitrogens with one attached hydrogen (secondary N) is 1. The van der Waals surface area contributed by atoms with Crippen molar-refractivity contribution < 1.29 is 13.5 Å². The van der Waals surface area contributed by atoms with E-state index in [0.29, 0.717) is 26.3 Å². The molecule has 0 aromatic carbocycles. The minimum Gasteiger partial charge on any atom is -0.380 e. The predicted molar refractivity (Wildman–Crippen MR) is 42.9 cm³/mol. The minimum atomic E-state index is -2.20. The summed E-state index contributed by atoms with van der Waals surface area (Å²) in [6, 6.07) is 0. The molecule has 5 heteroatoms. The minimum absolute atomic E-state index is 0. The third-order valence-electron chi connectivity index (χ3n) is 2.71. The Bertz CT molecular complexity index is 163. The number of alkyl halides is 2. The highest BCUT2D eigenvalue weighted by Crippen LogP contribution is 2.41. The highest BCUT2D eigenvalue weighted by atomic mass is 35.5. The van der Waals surface area contributed by atoms with Crippen molar-refractivity contribution in [2.75, 3.05) is 26.3 Å². The Balaban J connectivity index is 0.000000720. The summed E-state index contributed by atoms with van der Waals surface area (Å²) in [5, 5.41) is 2.99. The van der Waals surface area contributed by atoms with E-state index in [2.05, 4.69) is 5.32 Å². The molecule has 1 atom stereocenters. The van der Waals surface area contributed by atoms with Crippen LogP contribution < -0.4 is 5.32 Å². The quantitative estimate of drug-likeness (QED) is 0.678. The van der Waals surface area contributed by atoms with Gasteiger partial charge in [0.2, 0.25) is 6.43 Å². The van der Waals surface area contributed by atoms with E-state index in [9.17, 15) is 8.78 Å². The van der Waals surface area contributed by atoms with Gasteiger partial charge in [0.25, 0.3) is 0 Å². The molecule has 0 radical (unpaired) electrons. The van der Waals surface area contributed by atoms with Crippen LogP contribution in [0.5, 0.6) is 0 Å². The lowest BCUT2D eigenvalue weighted by Crippen LogP contribution is -2.50. The van der Waals surface area contributed by atoms with Gasteiger partial charge in [-0.1, -0.05) is 0 Å². The molecule has 0 aromatic heterocycles. The van der Waals surface area contributed by atoms with E-state index in [0.717, 1.165) is 0 Å². The zero-order chi connectivity index (χ0) is 7.90. The van der Waals surface area contributed by atoms with Crippen molar-refractivity contribution >= 4 is 12.4 Å². The Hall–Kier alpha value is 0.0700. The molecule has 2 aliphatic rings. The summed E-state index contributed by atoms with van der Waals surface area (Å²) < 4.78 is 29.7. The summed E-state index contributed by atoms with van der Waals surface area (Å²) >= 11 is 0. The van der Waals surface area contributed by atoms with E-state index in [1.54, 1.807) is 0 Å². The van der Waals surface area contributed by atoms with E-state index < -0.39 is 12.3 Å². The van der Waals surface area contributed by atoms with Gasteiger partial charge in [-0.3, -0.25) is 0 Å². The standard InChI is InChI=1S/C7H11F2NO.ClH/c8-6(9)5-1-10-2-7(5)3-11-4-7;/h5-6,10H,1-4H2;1H. The molecule has 0 aliphatic carbocycles. The first-order valence-corrected chi connectivity index (χ1v) is 3.81. The SMILES string of the molecule is Cl.FC(F)C1CNCC12COC2. The molecule has 72 valence electrons. The summed E-state index contributed by atoms with van der Waals surface area (Å²) in [6.45, 7) is 2.16. The maximum Gasteiger partial charge on any atom is 0.243 e. The van der Waals surface area contributed by atoms with Crippen molar-refractivity contribution in [1.29, 1.82) is 0 Å². The van der Waals surface area contributed by atoms with Gasteiger partial charge in [-0.2, -0.15) is 0 Å². The van der Waals surface area contributed by atoms with Crippen molar-refractivity contribution in [3.05, 3.63) is 0 Å². The molecule has 0 amide bonds. The van der Waals surface area contributed by atoms with Crippen LogP contribution in [0, 0.1) is 11.3 Å². The fourth-order valence-electron chi connectivity index (χ4n) is 1.86. The molecule has 2 fully saturated rings. The molecule has 0 saturated carbocycles. The van der Waals surface area contributed by atoms with Crippen molar-refractivity contribution in [2.24, 2.45) is 11.3 Å². The Morgan fingerprint density at radius 2 is 2.08 bits per heavy atom. The van der Waals surface area contributed by atoms with Crippen molar-refractivity contribution in [2.45, 2.75) is 6.43 Å². The van der Waals surface area contributed by atoms with Gasteiger partial charge in [0, 0.05) is 24.4 Å². The van der Waals surface area contributed by atoms with Crippen LogP contribution in [-0.4, -0.2) is 32.7 Å². The molecule has 0 bridgehead atoms. The predicted octanol–water partition coefficient (Wildman–Crippen LogP) is 0.909. The Kier molecular flexibility index (Phi) is 2.91. The topological polar surface area (TPSA) is 21.3 Å². The Morgan fingerprint density at radius 3 is 2.42 bits per heavy atom. The molecular weight excluding hydrogens is 188 g/mol. The van der Waals surface area contributed by atoms with Gasteiger partial charge < -0.3 is 10.1 Å². The molecule has 2 nitrogen and oxygen atoms in total. The summed E-state index contributed by atoms with van der Waals surface area (Å²) in [5.74, 6) is -0.490. The zero-order valence-electron chi connectivity index (χ0n) is 6.56. The van der Waals surface area contributed by atoms with Crippen LogP contribution in [0.3, 0.4) is 0 Å². The summed E-state index contributed by atoms with van der Waals surface area (Å²) in [7, 11) is 0. The molecule has 2 rings (SSSR count). The molecule has 1 unspecified atom stereocenters. The maximum absolute atomic E-state index is 12.4. The van der Waals surface area contributed by atoms with Gasteiger partial charge in [-0.15, -0.1) is 12.4 Å². The number of halogens is 3. The van der Waals surface area contributed by atoms with Crippen LogP contribution in [0.4, 0.5) is 8.78 Å². The first-order chi connectivity index (χ1) is 5.25. The lowest BCUT2D eigenvalue weighted by Gasteiger charge is -2.41. The first kappa shape index (κ1) is 10.2. The first-order valence-electron chi connectivity index (χ1n) is 3.81. The monoisotopic (exact) mass is 199 g/mol. The van der Waals surface area contributed by atoms with E-state index in [1.807, 2.05) is 0 Å². The van der Waals surface area contributed by atoms with Crippen LogP contribution >= 0.6 is 12.4 Å². The third-order valence-corrected chi connectivity index (χ3v) is 2.71. The number of hydrogen-bond donors (Lipinski definition) is 1. The third kappa shape index (κ3) is 1.32. The van der Waals surface area contributed by atoms with E-state index in [-0.39, 0.29) is 17.8 Å². The normalized spacial score (nSPS) is 31.8. The highest BCUT2D eigenvalue weighted by molar-refractivity contribution is 5.85. The molecule has 12 heavy (non-hydrogen) atoms. The molecule has 1 spiro atoms. The van der Waals surface area contributed by atoms with Crippen molar-refractivity contribution in [3.63, 3.8) is 0 Å². The molecule has 2 aliphatic heterocycles. The second-order valence-electron chi connectivity index (χ2n) is 3.43. The van der Waals surface area contributed by atoms with Gasteiger partial charge in [0.05, 0.1) is 13.2 Å². The second kappa shape index (κ2) is 3.44. The van der Waals surface area contributed by atoms with Gasteiger partial charge in [-0.25, -0.2) is 8.78 Å². The molecule has 1 N–H and O–H groups in total. The molecule has 2 saturated heterocycles. The smallest absolute Gasteiger partial charge is 0.243 e. The average molecular weight is 200 g/mol. The van der Waals surface area contributed by atoms with Gasteiger partial charge in [0.15, 0.2) is 0 Å². The van der Waals surface area contributed by atoms with Gasteiger partial charge in [-0.05, 0) is 0 Å². The number of rotatable bonds is 1.